The van der Waals surface area contributed by atoms with E-state index < -0.39 is 0 Å². The fourth-order valence-electron chi connectivity index (χ4n) is 2.25. The second kappa shape index (κ2) is 5.13. The largest absolute Gasteiger partial charge is 0.278 e. The van der Waals surface area contributed by atoms with Crippen LogP contribution in [0.15, 0.2) is 59.3 Å². The maximum absolute atomic E-state index is 12.1. The van der Waals surface area contributed by atoms with E-state index in [4.69, 9.17) is 0 Å². The lowest BCUT2D eigenvalue weighted by molar-refractivity contribution is -0.642. The Balaban J connectivity index is 1.63. The van der Waals surface area contributed by atoms with Gasteiger partial charge < -0.3 is 0 Å². The third kappa shape index (κ3) is 2.84. The van der Waals surface area contributed by atoms with Crippen LogP contribution in [-0.4, -0.2) is 5.91 Å². The predicted molar refractivity (Wildman–Crippen MR) is 76.0 cm³/mol. The van der Waals surface area contributed by atoms with Crippen LogP contribution >= 0.6 is 15.9 Å². The van der Waals surface area contributed by atoms with Gasteiger partial charge in [0, 0.05) is 16.6 Å². The first-order valence-corrected chi connectivity index (χ1v) is 7.06. The molecule has 0 aliphatic heterocycles. The molecule has 1 fully saturated rings. The number of nitrogens with zero attached hydrogens (tertiary/aromatic N) is 1. The molecule has 0 spiro atoms. The molecule has 1 aliphatic rings. The quantitative estimate of drug-likeness (QED) is 0.867. The van der Waals surface area contributed by atoms with Gasteiger partial charge in [0.15, 0.2) is 12.4 Å². The van der Waals surface area contributed by atoms with Crippen LogP contribution in [0.4, 0.5) is 0 Å². The summed E-state index contributed by atoms with van der Waals surface area (Å²) in [6.45, 7) is 0. The molecule has 2 unspecified atom stereocenters. The van der Waals surface area contributed by atoms with Crippen molar-refractivity contribution in [2.45, 2.75) is 12.3 Å². The van der Waals surface area contributed by atoms with Gasteiger partial charge in [0.2, 0.25) is 0 Å². The van der Waals surface area contributed by atoms with Gasteiger partial charge in [-0.25, -0.2) is 0 Å². The molecule has 1 aliphatic carbocycles. The number of hydrogen-bond donors (Lipinski definition) is 1. The van der Waals surface area contributed by atoms with Gasteiger partial charge in [-0.15, -0.1) is 5.43 Å². The number of nitrogens with one attached hydrogen (secondary N) is 1. The number of aromatic nitrogens is 1. The minimum absolute atomic E-state index is 0.0871. The number of amides is 1. The van der Waals surface area contributed by atoms with Crippen molar-refractivity contribution in [3.05, 3.63) is 64.9 Å². The van der Waals surface area contributed by atoms with Crippen LogP contribution in [0.25, 0.3) is 0 Å². The molecular formula is C15H14BrN2O+. The lowest BCUT2D eigenvalue weighted by Crippen LogP contribution is -2.48. The molecule has 0 bridgehead atoms. The number of rotatable bonds is 3. The average Bonchev–Trinajstić information content (AvgIpc) is 3.21. The van der Waals surface area contributed by atoms with Crippen molar-refractivity contribution >= 4 is 21.8 Å². The predicted octanol–water partition coefficient (Wildman–Crippen LogP) is 2.61. The van der Waals surface area contributed by atoms with Crippen molar-refractivity contribution in [2.24, 2.45) is 5.92 Å². The summed E-state index contributed by atoms with van der Waals surface area (Å²) in [6, 6.07) is 13.9. The number of benzene rings is 1. The van der Waals surface area contributed by atoms with Gasteiger partial charge in [0.1, 0.15) is 0 Å². The highest BCUT2D eigenvalue weighted by atomic mass is 79.9. The van der Waals surface area contributed by atoms with Crippen LogP contribution in [0.3, 0.4) is 0 Å². The summed E-state index contributed by atoms with van der Waals surface area (Å²) in [5, 5.41) is 0. The summed E-state index contributed by atoms with van der Waals surface area (Å²) < 4.78 is 2.76. The van der Waals surface area contributed by atoms with Gasteiger partial charge in [-0.2, -0.15) is 0 Å². The van der Waals surface area contributed by atoms with Gasteiger partial charge >= 0.3 is 0 Å². The van der Waals surface area contributed by atoms with Gasteiger partial charge in [0.25, 0.3) is 5.91 Å². The average molecular weight is 318 g/mol. The van der Waals surface area contributed by atoms with E-state index >= 15 is 0 Å². The Kier molecular flexibility index (Phi) is 3.34. The molecule has 2 atom stereocenters. The zero-order chi connectivity index (χ0) is 13.2. The molecule has 1 saturated carbocycles. The first kappa shape index (κ1) is 12.4. The molecule has 3 nitrogen and oxygen atoms in total. The Labute approximate surface area is 120 Å². The second-order valence-electron chi connectivity index (χ2n) is 4.76. The first-order chi connectivity index (χ1) is 9.24. The van der Waals surface area contributed by atoms with E-state index in [9.17, 15) is 4.79 Å². The molecule has 1 heterocycles. The summed E-state index contributed by atoms with van der Waals surface area (Å²) >= 11 is 3.42. The standard InChI is InChI=1S/C15H13BrN2O/c16-12-6-4-11(5-7-12)13-10-14(13)15(19)17-18-8-2-1-3-9-18/h1-9,13-14H,10H2/p+1. The van der Waals surface area contributed by atoms with E-state index in [2.05, 4.69) is 33.5 Å². The summed E-state index contributed by atoms with van der Waals surface area (Å²) in [7, 11) is 0. The van der Waals surface area contributed by atoms with E-state index in [0.717, 1.165) is 10.9 Å². The van der Waals surface area contributed by atoms with Crippen molar-refractivity contribution in [1.29, 1.82) is 0 Å². The van der Waals surface area contributed by atoms with Crippen LogP contribution in [0.2, 0.25) is 0 Å². The SMILES string of the molecule is O=C(N[n+]1ccccc1)C1CC1c1ccc(Br)cc1. The van der Waals surface area contributed by atoms with E-state index in [1.807, 2.05) is 42.7 Å². The van der Waals surface area contributed by atoms with E-state index in [-0.39, 0.29) is 11.8 Å². The van der Waals surface area contributed by atoms with Crippen LogP contribution in [0.5, 0.6) is 0 Å². The third-order valence-corrected chi connectivity index (χ3v) is 3.91. The Morgan fingerprint density at radius 2 is 1.84 bits per heavy atom. The fraction of sp³-hybridized carbons (Fsp3) is 0.200. The van der Waals surface area contributed by atoms with Crippen molar-refractivity contribution in [3.8, 4) is 0 Å². The maximum Gasteiger partial charge on any atom is 0.278 e. The summed E-state index contributed by atoms with van der Waals surface area (Å²) in [5.74, 6) is 0.537. The minimum atomic E-state index is 0.0871. The highest BCUT2D eigenvalue weighted by molar-refractivity contribution is 9.10. The monoisotopic (exact) mass is 317 g/mol. The molecule has 0 saturated heterocycles. The minimum Gasteiger partial charge on any atom is -0.269 e. The second-order valence-corrected chi connectivity index (χ2v) is 5.67. The van der Waals surface area contributed by atoms with Crippen LogP contribution in [0, 0.1) is 5.92 Å². The molecule has 3 rings (SSSR count). The molecule has 96 valence electrons. The Hall–Kier alpha value is -1.68. The summed E-state index contributed by atoms with van der Waals surface area (Å²) in [5.41, 5.74) is 4.12. The summed E-state index contributed by atoms with van der Waals surface area (Å²) in [4.78, 5) is 12.1. The number of carbonyl (C=O) groups excluding carboxylic acids is 1. The lowest BCUT2D eigenvalue weighted by Gasteiger charge is -2.00. The molecule has 4 heteroatoms. The Bertz CT molecular complexity index is 583. The molecule has 2 aromatic rings. The lowest BCUT2D eigenvalue weighted by atomic mass is 10.1. The number of pyridine rings is 1. The third-order valence-electron chi connectivity index (χ3n) is 3.38. The number of halogens is 1. The van der Waals surface area contributed by atoms with Crippen molar-refractivity contribution in [3.63, 3.8) is 0 Å². The molecule has 19 heavy (non-hydrogen) atoms. The first-order valence-electron chi connectivity index (χ1n) is 6.26. The summed E-state index contributed by atoms with van der Waals surface area (Å²) in [6.07, 6.45) is 4.59. The number of hydrogen-bond acceptors (Lipinski definition) is 1. The normalized spacial score (nSPS) is 20.9. The Morgan fingerprint density at radius 3 is 2.53 bits per heavy atom. The molecule has 0 radical (unpaired) electrons. The van der Waals surface area contributed by atoms with Crippen molar-refractivity contribution in [1.82, 2.24) is 0 Å². The smallest absolute Gasteiger partial charge is 0.269 e. The topological polar surface area (TPSA) is 33.0 Å². The highest BCUT2D eigenvalue weighted by Crippen LogP contribution is 2.47. The van der Waals surface area contributed by atoms with Gasteiger partial charge in [-0.1, -0.05) is 38.8 Å². The van der Waals surface area contributed by atoms with Crippen LogP contribution in [0.1, 0.15) is 17.9 Å². The molecule has 1 aromatic carbocycles. The maximum atomic E-state index is 12.1. The van der Waals surface area contributed by atoms with Crippen LogP contribution in [-0.2, 0) is 4.79 Å². The van der Waals surface area contributed by atoms with Crippen molar-refractivity contribution in [2.75, 3.05) is 5.43 Å². The molecular weight excluding hydrogens is 304 g/mol. The Morgan fingerprint density at radius 1 is 1.16 bits per heavy atom. The van der Waals surface area contributed by atoms with Crippen LogP contribution < -0.4 is 10.1 Å². The highest BCUT2D eigenvalue weighted by Gasteiger charge is 2.45. The van der Waals surface area contributed by atoms with Gasteiger partial charge in [-0.05, 0) is 30.0 Å². The molecule has 1 aromatic heterocycles. The zero-order valence-corrected chi connectivity index (χ0v) is 11.9. The zero-order valence-electron chi connectivity index (χ0n) is 10.3. The molecule has 1 amide bonds. The van der Waals surface area contributed by atoms with Crippen molar-refractivity contribution < 1.29 is 9.47 Å². The van der Waals surface area contributed by atoms with Gasteiger partial charge in [-0.3, -0.25) is 4.79 Å². The number of carbonyl (C=O) groups is 1. The van der Waals surface area contributed by atoms with Gasteiger partial charge in [0.05, 0.1) is 5.92 Å². The van der Waals surface area contributed by atoms with E-state index in [0.29, 0.717) is 5.92 Å². The van der Waals surface area contributed by atoms with E-state index in [1.54, 1.807) is 4.68 Å². The van der Waals surface area contributed by atoms with E-state index in [1.165, 1.54) is 5.56 Å². The molecule has 1 N–H and O–H groups in total. The fourth-order valence-corrected chi connectivity index (χ4v) is 2.51.